The van der Waals surface area contributed by atoms with E-state index in [1.807, 2.05) is 19.1 Å². The van der Waals surface area contributed by atoms with Crippen LogP contribution >= 0.6 is 15.9 Å². The molecule has 4 heteroatoms. The van der Waals surface area contributed by atoms with E-state index in [9.17, 15) is 4.79 Å². The number of halogens is 1. The highest BCUT2D eigenvalue weighted by atomic mass is 79.9. The minimum atomic E-state index is -0.0463. The predicted molar refractivity (Wildman–Crippen MR) is 53.9 cm³/mol. The minimum absolute atomic E-state index is 0.0463. The first-order valence-electron chi connectivity index (χ1n) is 3.82. The molecule has 13 heavy (non-hydrogen) atoms. The molecule has 2 heterocycles. The van der Waals surface area contributed by atoms with Crippen LogP contribution in [0.4, 0.5) is 0 Å². The lowest BCUT2D eigenvalue weighted by Crippen LogP contribution is -2.13. The van der Waals surface area contributed by atoms with E-state index in [1.54, 1.807) is 6.20 Å². The zero-order valence-electron chi connectivity index (χ0n) is 6.99. The van der Waals surface area contributed by atoms with Crippen molar-refractivity contribution < 1.29 is 0 Å². The monoisotopic (exact) mass is 238 g/mol. The lowest BCUT2D eigenvalue weighted by molar-refractivity contribution is 1.02. The van der Waals surface area contributed by atoms with Crippen molar-refractivity contribution in [2.24, 2.45) is 0 Å². The maximum atomic E-state index is 11.4. The maximum Gasteiger partial charge on any atom is 0.258 e. The SMILES string of the molecule is Cc1cc(=O)n2ccc(Br)cc2n1. The summed E-state index contributed by atoms with van der Waals surface area (Å²) in [5.41, 5.74) is 1.36. The van der Waals surface area contributed by atoms with Gasteiger partial charge in [0.05, 0.1) is 0 Å². The average Bonchev–Trinajstić information content (AvgIpc) is 2.02. The fourth-order valence-electron chi connectivity index (χ4n) is 1.20. The predicted octanol–water partition coefficient (Wildman–Crippen LogP) is 1.77. The van der Waals surface area contributed by atoms with Crippen LogP contribution in [0.1, 0.15) is 5.69 Å². The van der Waals surface area contributed by atoms with E-state index in [2.05, 4.69) is 20.9 Å². The number of hydrogen-bond acceptors (Lipinski definition) is 2. The first-order valence-corrected chi connectivity index (χ1v) is 4.62. The van der Waals surface area contributed by atoms with Crippen LogP contribution < -0.4 is 5.56 Å². The molecule has 2 aromatic heterocycles. The first-order chi connectivity index (χ1) is 6.16. The Morgan fingerprint density at radius 2 is 2.23 bits per heavy atom. The van der Waals surface area contributed by atoms with E-state index in [1.165, 1.54) is 10.5 Å². The van der Waals surface area contributed by atoms with Crippen molar-refractivity contribution in [2.75, 3.05) is 0 Å². The quantitative estimate of drug-likeness (QED) is 0.702. The number of hydrogen-bond donors (Lipinski definition) is 0. The smallest absolute Gasteiger partial charge is 0.258 e. The fraction of sp³-hybridized carbons (Fsp3) is 0.111. The Hall–Kier alpha value is -1.16. The van der Waals surface area contributed by atoms with Crippen LogP contribution in [0.3, 0.4) is 0 Å². The molecular formula is C9H7BrN2O. The van der Waals surface area contributed by atoms with Gasteiger partial charge in [-0.25, -0.2) is 4.98 Å². The van der Waals surface area contributed by atoms with E-state index in [0.717, 1.165) is 10.2 Å². The molecule has 0 radical (unpaired) electrons. The van der Waals surface area contributed by atoms with Gasteiger partial charge < -0.3 is 0 Å². The lowest BCUT2D eigenvalue weighted by atomic mass is 10.4. The lowest BCUT2D eigenvalue weighted by Gasteiger charge is -2.00. The van der Waals surface area contributed by atoms with Gasteiger partial charge in [0.2, 0.25) is 0 Å². The molecule has 0 saturated heterocycles. The van der Waals surface area contributed by atoms with Crippen molar-refractivity contribution >= 4 is 21.6 Å². The molecule has 0 saturated carbocycles. The van der Waals surface area contributed by atoms with Gasteiger partial charge in [-0.3, -0.25) is 9.20 Å². The molecule has 0 fully saturated rings. The van der Waals surface area contributed by atoms with Crippen LogP contribution in [0.5, 0.6) is 0 Å². The van der Waals surface area contributed by atoms with E-state index >= 15 is 0 Å². The zero-order valence-corrected chi connectivity index (χ0v) is 8.58. The molecule has 0 aliphatic carbocycles. The third-order valence-electron chi connectivity index (χ3n) is 1.76. The average molecular weight is 239 g/mol. The van der Waals surface area contributed by atoms with Crippen LogP contribution in [0.2, 0.25) is 0 Å². The number of pyridine rings is 1. The van der Waals surface area contributed by atoms with Gasteiger partial charge in [-0.05, 0) is 19.1 Å². The molecule has 0 atom stereocenters. The van der Waals surface area contributed by atoms with Gasteiger partial charge in [0.25, 0.3) is 5.56 Å². The Morgan fingerprint density at radius 3 is 3.00 bits per heavy atom. The number of rotatable bonds is 0. The van der Waals surface area contributed by atoms with Crippen molar-refractivity contribution in [1.29, 1.82) is 0 Å². The third-order valence-corrected chi connectivity index (χ3v) is 2.25. The van der Waals surface area contributed by atoms with Crippen molar-refractivity contribution in [3.05, 3.63) is 44.9 Å². The molecule has 2 rings (SSSR count). The number of aryl methyl sites for hydroxylation is 1. The molecule has 0 aliphatic heterocycles. The van der Waals surface area contributed by atoms with Gasteiger partial charge in [-0.15, -0.1) is 0 Å². The molecule has 0 N–H and O–H groups in total. The maximum absolute atomic E-state index is 11.4. The summed E-state index contributed by atoms with van der Waals surface area (Å²) in [6.07, 6.45) is 1.70. The number of aromatic nitrogens is 2. The van der Waals surface area contributed by atoms with E-state index in [4.69, 9.17) is 0 Å². The van der Waals surface area contributed by atoms with E-state index in [0.29, 0.717) is 5.65 Å². The van der Waals surface area contributed by atoms with E-state index in [-0.39, 0.29) is 5.56 Å². The Morgan fingerprint density at radius 1 is 1.46 bits per heavy atom. The summed E-state index contributed by atoms with van der Waals surface area (Å²) in [6.45, 7) is 1.81. The Balaban J connectivity index is 2.95. The van der Waals surface area contributed by atoms with Crippen molar-refractivity contribution in [3.63, 3.8) is 0 Å². The van der Waals surface area contributed by atoms with Crippen molar-refractivity contribution in [3.8, 4) is 0 Å². The van der Waals surface area contributed by atoms with Crippen LogP contribution in [0.25, 0.3) is 5.65 Å². The van der Waals surface area contributed by atoms with Crippen LogP contribution in [-0.2, 0) is 0 Å². The van der Waals surface area contributed by atoms with Gasteiger partial charge in [0, 0.05) is 22.4 Å². The first kappa shape index (κ1) is 8.44. The number of nitrogens with zero attached hydrogens (tertiary/aromatic N) is 2. The molecule has 2 aromatic rings. The van der Waals surface area contributed by atoms with Gasteiger partial charge in [0.15, 0.2) is 0 Å². The molecular weight excluding hydrogens is 232 g/mol. The summed E-state index contributed by atoms with van der Waals surface area (Å²) >= 11 is 3.33. The van der Waals surface area contributed by atoms with Crippen LogP contribution in [-0.4, -0.2) is 9.38 Å². The molecule has 0 aliphatic rings. The van der Waals surface area contributed by atoms with Gasteiger partial charge >= 0.3 is 0 Å². The topological polar surface area (TPSA) is 34.4 Å². The van der Waals surface area contributed by atoms with Crippen LogP contribution in [0.15, 0.2) is 33.7 Å². The van der Waals surface area contributed by atoms with Gasteiger partial charge in [-0.2, -0.15) is 0 Å². The highest BCUT2D eigenvalue weighted by Gasteiger charge is 1.98. The second-order valence-electron chi connectivity index (χ2n) is 2.81. The summed E-state index contributed by atoms with van der Waals surface area (Å²) in [4.78, 5) is 15.6. The Bertz CT molecular complexity index is 513. The Kier molecular flexibility index (Phi) is 1.92. The fourth-order valence-corrected chi connectivity index (χ4v) is 1.52. The standard InChI is InChI=1S/C9H7BrN2O/c1-6-4-9(13)12-3-2-7(10)5-8(12)11-6/h2-5H,1H3. The van der Waals surface area contributed by atoms with Crippen molar-refractivity contribution in [2.45, 2.75) is 6.92 Å². The molecule has 0 aromatic carbocycles. The molecule has 0 amide bonds. The summed E-state index contributed by atoms with van der Waals surface area (Å²) < 4.78 is 2.43. The zero-order chi connectivity index (χ0) is 9.42. The number of fused-ring (bicyclic) bond motifs is 1. The third kappa shape index (κ3) is 1.49. The van der Waals surface area contributed by atoms with E-state index < -0.39 is 0 Å². The summed E-state index contributed by atoms with van der Waals surface area (Å²) in [5, 5.41) is 0. The van der Waals surface area contributed by atoms with Crippen molar-refractivity contribution in [1.82, 2.24) is 9.38 Å². The van der Waals surface area contributed by atoms with Crippen LogP contribution in [0, 0.1) is 6.92 Å². The second-order valence-corrected chi connectivity index (χ2v) is 3.72. The second kappa shape index (κ2) is 2.96. The van der Waals surface area contributed by atoms with Gasteiger partial charge in [0.1, 0.15) is 5.65 Å². The summed E-state index contributed by atoms with van der Waals surface area (Å²) in [7, 11) is 0. The minimum Gasteiger partial charge on any atom is -0.269 e. The summed E-state index contributed by atoms with van der Waals surface area (Å²) in [6, 6.07) is 5.14. The highest BCUT2D eigenvalue weighted by molar-refractivity contribution is 9.10. The Labute approximate surface area is 83.2 Å². The molecule has 0 bridgehead atoms. The highest BCUT2D eigenvalue weighted by Crippen LogP contribution is 2.09. The molecule has 0 spiro atoms. The van der Waals surface area contributed by atoms with Gasteiger partial charge in [-0.1, -0.05) is 15.9 Å². The normalized spacial score (nSPS) is 10.6. The molecule has 3 nitrogen and oxygen atoms in total. The summed E-state index contributed by atoms with van der Waals surface area (Å²) in [5.74, 6) is 0. The largest absolute Gasteiger partial charge is 0.269 e. The molecule has 0 unspecified atom stereocenters. The molecule has 66 valence electrons.